The molecule has 0 bridgehead atoms. The van der Waals surface area contributed by atoms with Crippen molar-refractivity contribution in [3.8, 4) is 0 Å². The number of hydrogen-bond acceptors (Lipinski definition) is 23. The molecule has 0 aromatic carbocycles. The molecule has 82 heavy (non-hydrogen) atoms. The number of hydrogen-bond donors (Lipinski definition) is 9. The van der Waals surface area contributed by atoms with Gasteiger partial charge in [0.2, 0.25) is 5.91 Å². The highest BCUT2D eigenvalue weighted by atomic mass is 16.7. The topological polar surface area (TPSA) is 331 Å². The summed E-state index contributed by atoms with van der Waals surface area (Å²) in [7, 11) is 1.63. The van der Waals surface area contributed by atoms with Crippen LogP contribution in [0.1, 0.15) is 53.9 Å². The molecule has 1 aliphatic heterocycles. The summed E-state index contributed by atoms with van der Waals surface area (Å²) >= 11 is 0. The van der Waals surface area contributed by atoms with Crippen molar-refractivity contribution in [3.63, 3.8) is 0 Å². The summed E-state index contributed by atoms with van der Waals surface area (Å²) < 4.78 is 70.8. The van der Waals surface area contributed by atoms with E-state index in [1.807, 2.05) is 19.1 Å². The maximum atomic E-state index is 13.6. The monoisotopic (exact) mass is 1180 g/mol. The first kappa shape index (κ1) is 74.9. The summed E-state index contributed by atoms with van der Waals surface area (Å²) in [5.74, 6) is -1.54. The van der Waals surface area contributed by atoms with Crippen molar-refractivity contribution in [1.82, 2.24) is 10.2 Å². The molecule has 1 aliphatic carbocycles. The minimum absolute atomic E-state index is 0.0654. The normalized spacial score (nSPS) is 21.4. The van der Waals surface area contributed by atoms with Gasteiger partial charge in [-0.3, -0.25) is 9.59 Å². The van der Waals surface area contributed by atoms with Crippen LogP contribution in [0.5, 0.6) is 0 Å². The molecule has 0 aromatic rings. The van der Waals surface area contributed by atoms with Crippen molar-refractivity contribution in [2.24, 2.45) is 5.41 Å². The Hall–Kier alpha value is -3.20. The van der Waals surface area contributed by atoms with Gasteiger partial charge in [0.05, 0.1) is 152 Å². The van der Waals surface area contributed by atoms with Gasteiger partial charge in [-0.1, -0.05) is 55.4 Å². The van der Waals surface area contributed by atoms with Crippen molar-refractivity contribution in [2.75, 3.05) is 179 Å². The van der Waals surface area contributed by atoms with Crippen LogP contribution in [0.15, 0.2) is 58.7 Å². The van der Waals surface area contributed by atoms with Crippen LogP contribution in [0.3, 0.4) is 0 Å². The summed E-state index contributed by atoms with van der Waals surface area (Å²) in [5, 5.41) is 84.6. The van der Waals surface area contributed by atoms with E-state index in [4.69, 9.17) is 61.6 Å². The van der Waals surface area contributed by atoms with Gasteiger partial charge in [-0.2, -0.15) is 0 Å². The van der Waals surface area contributed by atoms with E-state index in [0.29, 0.717) is 124 Å². The molecule has 0 spiro atoms. The van der Waals surface area contributed by atoms with Crippen LogP contribution >= 0.6 is 0 Å². The second kappa shape index (κ2) is 46.1. The SMILES string of the molecule is COCCOCCOCCOCCOCCOCCOCCOCCOCCOCCOCCN(CCNC(=O)[C@H](O)[C@@H](O)[C@H](O[C@@H]1O[C@H](CO)[C@H](O)[C@H](O)[C@H]1O)[C@H](O)CO)C(=O)/C=C(\C)C=C/C=C(C)\C=C\C1=C(C)CCCC1(C)C. The lowest BCUT2D eigenvalue weighted by atomic mass is 9.72. The van der Waals surface area contributed by atoms with Gasteiger partial charge in [-0.05, 0) is 56.6 Å². The standard InChI is InChI=1S/C57H100N2O23/c1-42(12-13-45-44(3)11-8-14-57(45,4)5)9-7-10-43(2)39-48(63)59(16-15-58-55(69)52(67)51(66)54(46(62)40-60)82-56-53(68)50(65)49(64)47(41-61)81-56)17-18-71-21-22-73-25-26-75-29-30-77-33-34-79-37-38-80-36-35-78-32-31-76-28-27-74-24-23-72-20-19-70-6/h7,9-10,12-13,39,46-47,49-54,56,60-62,64-68H,8,11,14-38,40-41H2,1-6H3,(H,58,69)/b10-7?,13-12+,42-9-,43-39+/t46-,47-,49+,50+,51-,52-,53-,54-,56+/m1/s1. The molecule has 0 saturated carbocycles. The van der Waals surface area contributed by atoms with Crippen molar-refractivity contribution >= 4 is 11.8 Å². The summed E-state index contributed by atoms with van der Waals surface area (Å²) in [6.07, 6.45) is -2.55. The largest absolute Gasteiger partial charge is 0.394 e. The minimum atomic E-state index is -2.28. The van der Waals surface area contributed by atoms with Gasteiger partial charge >= 0.3 is 0 Å². The summed E-state index contributed by atoms with van der Waals surface area (Å²) in [4.78, 5) is 28.2. The quantitative estimate of drug-likeness (QED) is 0.0211. The number of carbonyl (C=O) groups excluding carboxylic acids is 2. The van der Waals surface area contributed by atoms with Crippen LogP contribution in [-0.2, 0) is 71.2 Å². The van der Waals surface area contributed by atoms with Gasteiger partial charge in [0.25, 0.3) is 5.91 Å². The van der Waals surface area contributed by atoms with E-state index in [2.05, 4.69) is 38.2 Å². The summed E-state index contributed by atoms with van der Waals surface area (Å²) in [5.41, 5.74) is 4.55. The first-order valence-electron chi connectivity index (χ1n) is 28.3. The Labute approximate surface area is 484 Å². The Morgan fingerprint density at radius 3 is 1.60 bits per heavy atom. The molecule has 1 fully saturated rings. The van der Waals surface area contributed by atoms with Crippen molar-refractivity contribution in [3.05, 3.63) is 58.7 Å². The van der Waals surface area contributed by atoms with Gasteiger partial charge in [-0.25, -0.2) is 0 Å². The minimum Gasteiger partial charge on any atom is -0.394 e. The highest BCUT2D eigenvalue weighted by molar-refractivity contribution is 5.88. The van der Waals surface area contributed by atoms with Crippen molar-refractivity contribution < 1.29 is 112 Å². The third-order valence-corrected chi connectivity index (χ3v) is 13.0. The average molecular weight is 1180 g/mol. The molecule has 2 amide bonds. The Balaban J connectivity index is 1.75. The number of carbonyl (C=O) groups is 2. The first-order chi connectivity index (χ1) is 39.5. The zero-order valence-electron chi connectivity index (χ0n) is 49.3. The van der Waals surface area contributed by atoms with Gasteiger partial charge in [0.15, 0.2) is 12.4 Å². The lowest BCUT2D eigenvalue weighted by Gasteiger charge is -2.42. The molecule has 0 radical (unpaired) electrons. The van der Waals surface area contributed by atoms with Crippen LogP contribution in [0.2, 0.25) is 0 Å². The number of methoxy groups -OCH3 is 1. The predicted octanol–water partition coefficient (Wildman–Crippen LogP) is -0.465. The number of aliphatic hydroxyl groups is 8. The van der Waals surface area contributed by atoms with Gasteiger partial charge in [0.1, 0.15) is 42.7 Å². The molecule has 2 aliphatic rings. The van der Waals surface area contributed by atoms with Crippen molar-refractivity contribution in [2.45, 2.75) is 109 Å². The van der Waals surface area contributed by atoms with E-state index in [1.165, 1.54) is 28.5 Å². The third kappa shape index (κ3) is 32.3. The van der Waals surface area contributed by atoms with Crippen LogP contribution < -0.4 is 5.32 Å². The molecule has 25 heteroatoms. The number of allylic oxidation sites excluding steroid dienone is 9. The molecule has 1 heterocycles. The fraction of sp³-hybridized carbons (Fsp3) is 0.789. The lowest BCUT2D eigenvalue weighted by molar-refractivity contribution is -0.326. The number of rotatable bonds is 49. The molecule has 25 nitrogen and oxygen atoms in total. The fourth-order valence-electron chi connectivity index (χ4n) is 8.29. The number of aliphatic hydroxyl groups excluding tert-OH is 8. The Morgan fingerprint density at radius 1 is 0.671 bits per heavy atom. The van der Waals surface area contributed by atoms with Gasteiger partial charge in [0, 0.05) is 32.8 Å². The Kier molecular flexibility index (Phi) is 42.1. The molecule has 9 N–H and O–H groups in total. The lowest BCUT2D eigenvalue weighted by Crippen LogP contribution is -2.62. The molecular weight excluding hydrogens is 1080 g/mol. The zero-order chi connectivity index (χ0) is 60.4. The van der Waals surface area contributed by atoms with Crippen LogP contribution in [-0.4, -0.2) is 291 Å². The average Bonchev–Trinajstić information content (AvgIpc) is 3.46. The molecule has 1 saturated heterocycles. The highest BCUT2D eigenvalue weighted by Crippen LogP contribution is 2.40. The smallest absolute Gasteiger partial charge is 0.251 e. The van der Waals surface area contributed by atoms with E-state index in [9.17, 15) is 50.4 Å². The molecule has 0 aromatic heterocycles. The number of nitrogens with zero attached hydrogens (tertiary/aromatic N) is 1. The summed E-state index contributed by atoms with van der Waals surface area (Å²) in [6, 6.07) is 0. The van der Waals surface area contributed by atoms with E-state index < -0.39 is 80.1 Å². The fourth-order valence-corrected chi connectivity index (χ4v) is 8.29. The Bertz CT molecular complexity index is 1830. The van der Waals surface area contributed by atoms with Crippen LogP contribution in [0, 0.1) is 5.41 Å². The third-order valence-electron chi connectivity index (χ3n) is 13.0. The summed E-state index contributed by atoms with van der Waals surface area (Å²) in [6.45, 7) is 17.2. The van der Waals surface area contributed by atoms with E-state index >= 15 is 0 Å². The maximum absolute atomic E-state index is 13.6. The van der Waals surface area contributed by atoms with Gasteiger partial charge < -0.3 is 113 Å². The zero-order valence-corrected chi connectivity index (χ0v) is 49.3. The molecule has 2 rings (SSSR count). The number of nitrogens with one attached hydrogen (secondary N) is 1. The second-order valence-corrected chi connectivity index (χ2v) is 20.1. The van der Waals surface area contributed by atoms with Crippen LogP contribution in [0.4, 0.5) is 0 Å². The molecule has 476 valence electrons. The van der Waals surface area contributed by atoms with E-state index in [-0.39, 0.29) is 44.9 Å². The number of amides is 2. The van der Waals surface area contributed by atoms with E-state index in [1.54, 1.807) is 20.1 Å². The highest BCUT2D eigenvalue weighted by Gasteiger charge is 2.47. The van der Waals surface area contributed by atoms with E-state index in [0.717, 1.165) is 18.4 Å². The maximum Gasteiger partial charge on any atom is 0.251 e. The Morgan fingerprint density at radius 2 is 1.15 bits per heavy atom. The first-order valence-corrected chi connectivity index (χ1v) is 28.3. The molecular formula is C57H100N2O23. The molecule has 9 atom stereocenters. The van der Waals surface area contributed by atoms with Crippen LogP contribution in [0.25, 0.3) is 0 Å². The number of ether oxygens (including phenoxy) is 13. The van der Waals surface area contributed by atoms with Gasteiger partial charge in [-0.15, -0.1) is 0 Å². The predicted molar refractivity (Wildman–Crippen MR) is 300 cm³/mol. The van der Waals surface area contributed by atoms with Crippen molar-refractivity contribution in [1.29, 1.82) is 0 Å². The second-order valence-electron chi connectivity index (χ2n) is 20.1. The molecule has 0 unspecified atom stereocenters.